The quantitative estimate of drug-likeness (QED) is 0.318. The maximum Gasteiger partial charge on any atom is 0.263 e. The predicted molar refractivity (Wildman–Crippen MR) is 150 cm³/mol. The lowest BCUT2D eigenvalue weighted by atomic mass is 10.1. The second-order valence-electron chi connectivity index (χ2n) is 8.87. The number of anilines is 1. The number of rotatable bonds is 5. The van der Waals surface area contributed by atoms with Crippen LogP contribution < -0.4 is 11.3 Å². The van der Waals surface area contributed by atoms with Crippen molar-refractivity contribution in [2.75, 3.05) is 5.73 Å². The number of nitrogens with zero attached hydrogens (tertiary/aromatic N) is 6. The highest BCUT2D eigenvalue weighted by Gasteiger charge is 2.20. The fraction of sp³-hybridized carbons (Fsp3) is 0.0690. The molecule has 6 rings (SSSR count). The van der Waals surface area contributed by atoms with E-state index in [1.807, 2.05) is 18.2 Å². The number of aromatic hydroxyl groups is 1. The van der Waals surface area contributed by atoms with Crippen LogP contribution >= 0.6 is 11.6 Å². The summed E-state index contributed by atoms with van der Waals surface area (Å²) in [5, 5.41) is 16.0. The van der Waals surface area contributed by atoms with Gasteiger partial charge in [-0.05, 0) is 48.0 Å². The van der Waals surface area contributed by atoms with Gasteiger partial charge in [0.05, 0.1) is 22.8 Å². The maximum atomic E-state index is 13.9. The van der Waals surface area contributed by atoms with Gasteiger partial charge in [-0.1, -0.05) is 41.8 Å². The first-order chi connectivity index (χ1) is 18.9. The zero-order valence-corrected chi connectivity index (χ0v) is 21.2. The number of hydrogen-bond donors (Lipinski definition) is 2. The minimum Gasteiger partial charge on any atom is -0.508 e. The zero-order chi connectivity index (χ0) is 27.1. The van der Waals surface area contributed by atoms with E-state index in [1.165, 1.54) is 6.33 Å². The number of terminal acetylenes is 1. The number of benzene rings is 3. The summed E-state index contributed by atoms with van der Waals surface area (Å²) in [6.45, 7) is 0.276. The third kappa shape index (κ3) is 4.23. The number of phenols is 1. The Morgan fingerprint density at radius 3 is 2.54 bits per heavy atom. The van der Waals surface area contributed by atoms with Gasteiger partial charge in [-0.3, -0.25) is 9.36 Å². The summed E-state index contributed by atoms with van der Waals surface area (Å²) >= 11 is 6.46. The number of aromatic nitrogens is 6. The average molecular weight is 534 g/mol. The van der Waals surface area contributed by atoms with Crippen molar-refractivity contribution in [3.8, 4) is 29.4 Å². The number of fused-ring (bicyclic) bond motifs is 2. The van der Waals surface area contributed by atoms with Gasteiger partial charge in [-0.25, -0.2) is 19.6 Å². The molecule has 0 unspecified atom stereocenters. The van der Waals surface area contributed by atoms with Gasteiger partial charge in [0.1, 0.15) is 36.0 Å². The van der Waals surface area contributed by atoms with E-state index in [0.29, 0.717) is 44.0 Å². The Bertz CT molecular complexity index is 1990. The normalized spacial score (nSPS) is 11.2. The zero-order valence-electron chi connectivity index (χ0n) is 20.4. The lowest BCUT2D eigenvalue weighted by molar-refractivity contribution is 0.475. The maximum absolute atomic E-state index is 13.9. The smallest absolute Gasteiger partial charge is 0.263 e. The van der Waals surface area contributed by atoms with E-state index in [-0.39, 0.29) is 30.2 Å². The van der Waals surface area contributed by atoms with Crippen LogP contribution in [0.25, 0.3) is 33.2 Å². The Balaban J connectivity index is 1.57. The van der Waals surface area contributed by atoms with E-state index >= 15 is 0 Å². The molecule has 3 aromatic heterocycles. The van der Waals surface area contributed by atoms with E-state index in [4.69, 9.17) is 33.8 Å². The van der Waals surface area contributed by atoms with Crippen LogP contribution in [0.15, 0.2) is 77.9 Å². The molecule has 3 aromatic carbocycles. The molecule has 0 saturated carbocycles. The molecule has 10 heteroatoms. The van der Waals surface area contributed by atoms with Crippen molar-refractivity contribution in [3.63, 3.8) is 0 Å². The molecule has 3 heterocycles. The van der Waals surface area contributed by atoms with Crippen LogP contribution in [-0.2, 0) is 13.1 Å². The summed E-state index contributed by atoms with van der Waals surface area (Å²) < 4.78 is 3.19. The van der Waals surface area contributed by atoms with Gasteiger partial charge >= 0.3 is 0 Å². The number of hydrogen-bond acceptors (Lipinski definition) is 7. The molecule has 0 atom stereocenters. The number of phenolic OH excluding ortho intramolecular Hbond substituents is 1. The fourth-order valence-corrected chi connectivity index (χ4v) is 4.80. The van der Waals surface area contributed by atoms with Crippen molar-refractivity contribution >= 4 is 39.4 Å². The SMILES string of the molecule is C#Cc1cccc2nc(Cn3nc(-c4ccc(O)cc4)c4c(N)ncnc43)n(Cc3ccccc3Cl)c(=O)c12. The fourth-order valence-electron chi connectivity index (χ4n) is 4.61. The van der Waals surface area contributed by atoms with Gasteiger partial charge in [0.15, 0.2) is 5.65 Å². The van der Waals surface area contributed by atoms with Crippen molar-refractivity contribution in [3.05, 3.63) is 105 Å². The van der Waals surface area contributed by atoms with Crippen LogP contribution in [0.5, 0.6) is 5.75 Å². The standard InChI is InChI=1S/C29H20ClN7O2/c1-2-17-7-5-9-22-24(17)29(39)36(14-19-6-3-4-8-21(19)30)23(34-22)15-37-28-25(27(31)32-16-33-28)26(35-37)18-10-12-20(38)13-11-18/h1,3-13,16,38H,14-15H2,(H2,31,32,33). The van der Waals surface area contributed by atoms with Crippen molar-refractivity contribution in [2.45, 2.75) is 13.1 Å². The molecule has 0 aliphatic heterocycles. The number of halogens is 1. The van der Waals surface area contributed by atoms with Gasteiger partial charge in [-0.2, -0.15) is 5.10 Å². The van der Waals surface area contributed by atoms with Gasteiger partial charge in [0.2, 0.25) is 0 Å². The topological polar surface area (TPSA) is 125 Å². The van der Waals surface area contributed by atoms with Crippen LogP contribution in [0.4, 0.5) is 5.82 Å². The summed E-state index contributed by atoms with van der Waals surface area (Å²) in [5.74, 6) is 3.41. The molecule has 6 aromatic rings. The molecular formula is C29H20ClN7O2. The van der Waals surface area contributed by atoms with Crippen LogP contribution in [0.1, 0.15) is 17.0 Å². The molecule has 0 bridgehead atoms. The Morgan fingerprint density at radius 2 is 1.77 bits per heavy atom. The van der Waals surface area contributed by atoms with Crippen molar-refractivity contribution in [1.82, 2.24) is 29.3 Å². The Morgan fingerprint density at radius 1 is 0.974 bits per heavy atom. The van der Waals surface area contributed by atoms with E-state index < -0.39 is 0 Å². The van der Waals surface area contributed by atoms with Crippen molar-refractivity contribution in [1.29, 1.82) is 0 Å². The molecule has 39 heavy (non-hydrogen) atoms. The van der Waals surface area contributed by atoms with E-state index in [9.17, 15) is 9.90 Å². The van der Waals surface area contributed by atoms with E-state index in [0.717, 1.165) is 11.1 Å². The first kappa shape index (κ1) is 24.2. The lowest BCUT2D eigenvalue weighted by Gasteiger charge is -2.15. The average Bonchev–Trinajstić information content (AvgIpc) is 3.31. The predicted octanol–water partition coefficient (Wildman–Crippen LogP) is 4.22. The lowest BCUT2D eigenvalue weighted by Crippen LogP contribution is -2.28. The highest BCUT2D eigenvalue weighted by Crippen LogP contribution is 2.31. The monoisotopic (exact) mass is 533 g/mol. The van der Waals surface area contributed by atoms with Crippen LogP contribution in [0.2, 0.25) is 5.02 Å². The molecule has 0 amide bonds. The summed E-state index contributed by atoms with van der Waals surface area (Å²) in [5.41, 5.74) is 9.39. The summed E-state index contributed by atoms with van der Waals surface area (Å²) in [6.07, 6.45) is 7.08. The molecule has 9 nitrogen and oxygen atoms in total. The Hall–Kier alpha value is -5.20. The van der Waals surface area contributed by atoms with Gasteiger partial charge < -0.3 is 10.8 Å². The third-order valence-corrected chi connectivity index (χ3v) is 6.86. The number of nitrogen functional groups attached to an aromatic ring is 1. The first-order valence-corrected chi connectivity index (χ1v) is 12.3. The molecule has 0 aliphatic carbocycles. The molecular weight excluding hydrogens is 514 g/mol. The van der Waals surface area contributed by atoms with Gasteiger partial charge in [0, 0.05) is 16.1 Å². The van der Waals surface area contributed by atoms with Crippen LogP contribution in [0, 0.1) is 12.3 Å². The first-order valence-electron chi connectivity index (χ1n) is 11.9. The largest absolute Gasteiger partial charge is 0.508 e. The number of nitrogens with two attached hydrogens (primary N) is 1. The Kier molecular flexibility index (Phi) is 5.94. The van der Waals surface area contributed by atoms with Crippen molar-refractivity contribution < 1.29 is 5.11 Å². The molecule has 0 saturated heterocycles. The van der Waals surface area contributed by atoms with E-state index in [2.05, 4.69) is 15.9 Å². The summed E-state index contributed by atoms with van der Waals surface area (Å²) in [4.78, 5) is 27.3. The molecule has 0 fully saturated rings. The van der Waals surface area contributed by atoms with Crippen molar-refractivity contribution in [2.24, 2.45) is 0 Å². The second-order valence-corrected chi connectivity index (χ2v) is 9.27. The molecule has 0 spiro atoms. The molecule has 0 aliphatic rings. The third-order valence-electron chi connectivity index (χ3n) is 6.49. The second kappa shape index (κ2) is 9.59. The minimum absolute atomic E-state index is 0.0982. The van der Waals surface area contributed by atoms with Crippen LogP contribution in [0.3, 0.4) is 0 Å². The summed E-state index contributed by atoms with van der Waals surface area (Å²) in [7, 11) is 0. The highest BCUT2D eigenvalue weighted by atomic mass is 35.5. The summed E-state index contributed by atoms with van der Waals surface area (Å²) in [6, 6.07) is 19.2. The highest BCUT2D eigenvalue weighted by molar-refractivity contribution is 6.31. The van der Waals surface area contributed by atoms with Crippen LogP contribution in [-0.4, -0.2) is 34.4 Å². The van der Waals surface area contributed by atoms with Gasteiger partial charge in [0.25, 0.3) is 5.56 Å². The molecule has 0 radical (unpaired) electrons. The molecule has 190 valence electrons. The Labute approximate surface area is 227 Å². The molecule has 3 N–H and O–H groups in total. The van der Waals surface area contributed by atoms with Gasteiger partial charge in [-0.15, -0.1) is 6.42 Å². The van der Waals surface area contributed by atoms with E-state index in [1.54, 1.807) is 57.8 Å². The minimum atomic E-state index is -0.284.